The minimum absolute atomic E-state index is 0.0526. The summed E-state index contributed by atoms with van der Waals surface area (Å²) in [6, 6.07) is 3.38. The van der Waals surface area contributed by atoms with Gasteiger partial charge in [-0.25, -0.2) is 4.98 Å². The zero-order valence-electron chi connectivity index (χ0n) is 11.1. The van der Waals surface area contributed by atoms with Crippen LogP contribution < -0.4 is 4.74 Å². The zero-order valence-corrected chi connectivity index (χ0v) is 11.9. The molecule has 4 nitrogen and oxygen atoms in total. The third-order valence-corrected chi connectivity index (χ3v) is 3.50. The molecule has 1 amide bonds. The standard InChI is InChI=1S/C14H19ClN2O2/c1-11(19-12-6-7-13(15)16-10-12)14(18)17-8-4-2-3-5-9-17/h6-7,10-11H,2-5,8-9H2,1H3. The lowest BCUT2D eigenvalue weighted by molar-refractivity contribution is -0.137. The molecular formula is C14H19ClN2O2. The average molecular weight is 283 g/mol. The van der Waals surface area contributed by atoms with Crippen molar-refractivity contribution in [2.75, 3.05) is 13.1 Å². The average Bonchev–Trinajstić information content (AvgIpc) is 2.69. The fourth-order valence-electron chi connectivity index (χ4n) is 2.23. The molecule has 1 saturated heterocycles. The molecule has 0 aromatic carbocycles. The lowest BCUT2D eigenvalue weighted by Crippen LogP contribution is -2.41. The molecule has 1 unspecified atom stereocenters. The van der Waals surface area contributed by atoms with Crippen molar-refractivity contribution < 1.29 is 9.53 Å². The second-order valence-corrected chi connectivity index (χ2v) is 5.20. The van der Waals surface area contributed by atoms with Gasteiger partial charge in [0.25, 0.3) is 5.91 Å². The summed E-state index contributed by atoms with van der Waals surface area (Å²) in [5.41, 5.74) is 0. The second-order valence-electron chi connectivity index (χ2n) is 4.82. The van der Waals surface area contributed by atoms with Gasteiger partial charge >= 0.3 is 0 Å². The number of likely N-dealkylation sites (tertiary alicyclic amines) is 1. The van der Waals surface area contributed by atoms with Crippen LogP contribution in [0.25, 0.3) is 0 Å². The Morgan fingerprint density at radius 1 is 1.32 bits per heavy atom. The van der Waals surface area contributed by atoms with E-state index in [4.69, 9.17) is 16.3 Å². The number of amides is 1. The number of hydrogen-bond donors (Lipinski definition) is 0. The molecule has 2 heterocycles. The third kappa shape index (κ3) is 4.10. The SMILES string of the molecule is CC(Oc1ccc(Cl)nc1)C(=O)N1CCCCCC1. The molecule has 0 bridgehead atoms. The maximum atomic E-state index is 12.3. The van der Waals surface area contributed by atoms with E-state index in [9.17, 15) is 4.79 Å². The van der Waals surface area contributed by atoms with Crippen molar-refractivity contribution in [3.05, 3.63) is 23.5 Å². The molecule has 1 atom stereocenters. The van der Waals surface area contributed by atoms with Crippen LogP contribution in [0, 0.1) is 0 Å². The van der Waals surface area contributed by atoms with E-state index in [0.29, 0.717) is 10.9 Å². The lowest BCUT2D eigenvalue weighted by Gasteiger charge is -2.24. The lowest BCUT2D eigenvalue weighted by atomic mass is 10.2. The van der Waals surface area contributed by atoms with Crippen LogP contribution in [0.4, 0.5) is 0 Å². The number of pyridine rings is 1. The zero-order chi connectivity index (χ0) is 13.7. The molecule has 1 aliphatic rings. The van der Waals surface area contributed by atoms with Crippen LogP contribution >= 0.6 is 11.6 Å². The quantitative estimate of drug-likeness (QED) is 0.801. The summed E-state index contributed by atoms with van der Waals surface area (Å²) in [5.74, 6) is 0.622. The van der Waals surface area contributed by atoms with E-state index < -0.39 is 6.10 Å². The molecule has 104 valence electrons. The minimum Gasteiger partial charge on any atom is -0.479 e. The molecule has 1 aromatic rings. The van der Waals surface area contributed by atoms with Gasteiger partial charge in [0.1, 0.15) is 10.9 Å². The Labute approximate surface area is 118 Å². The van der Waals surface area contributed by atoms with Crippen molar-refractivity contribution in [2.45, 2.75) is 38.7 Å². The highest BCUT2D eigenvalue weighted by Crippen LogP contribution is 2.16. The largest absolute Gasteiger partial charge is 0.479 e. The van der Waals surface area contributed by atoms with Crippen LogP contribution in [0.5, 0.6) is 5.75 Å². The van der Waals surface area contributed by atoms with Crippen molar-refractivity contribution in [3.63, 3.8) is 0 Å². The topological polar surface area (TPSA) is 42.4 Å². The summed E-state index contributed by atoms with van der Waals surface area (Å²) in [4.78, 5) is 18.1. The summed E-state index contributed by atoms with van der Waals surface area (Å²) in [6.07, 6.45) is 5.64. The summed E-state index contributed by atoms with van der Waals surface area (Å²) in [7, 11) is 0. The van der Waals surface area contributed by atoms with Gasteiger partial charge in [-0.15, -0.1) is 0 Å². The molecule has 1 aliphatic heterocycles. The summed E-state index contributed by atoms with van der Waals surface area (Å²) in [5, 5.41) is 0.416. The van der Waals surface area contributed by atoms with Gasteiger partial charge in [0, 0.05) is 13.1 Å². The first-order valence-electron chi connectivity index (χ1n) is 6.74. The third-order valence-electron chi connectivity index (χ3n) is 3.28. The fourth-order valence-corrected chi connectivity index (χ4v) is 2.35. The first-order valence-corrected chi connectivity index (χ1v) is 7.11. The molecule has 0 aliphatic carbocycles. The van der Waals surface area contributed by atoms with E-state index in [-0.39, 0.29) is 5.91 Å². The van der Waals surface area contributed by atoms with Crippen LogP contribution in [0.3, 0.4) is 0 Å². The Balaban J connectivity index is 1.92. The number of rotatable bonds is 3. The number of nitrogens with zero attached hydrogens (tertiary/aromatic N) is 2. The monoisotopic (exact) mass is 282 g/mol. The van der Waals surface area contributed by atoms with Gasteiger partial charge in [-0.1, -0.05) is 24.4 Å². The van der Waals surface area contributed by atoms with Gasteiger partial charge in [-0.3, -0.25) is 4.79 Å². The minimum atomic E-state index is -0.485. The van der Waals surface area contributed by atoms with E-state index in [2.05, 4.69) is 4.98 Å². The Hall–Kier alpha value is -1.29. The van der Waals surface area contributed by atoms with Crippen molar-refractivity contribution >= 4 is 17.5 Å². The van der Waals surface area contributed by atoms with Crippen molar-refractivity contribution in [1.29, 1.82) is 0 Å². The van der Waals surface area contributed by atoms with Gasteiger partial charge in [0.05, 0.1) is 6.20 Å². The van der Waals surface area contributed by atoms with E-state index in [1.54, 1.807) is 19.1 Å². The van der Waals surface area contributed by atoms with Gasteiger partial charge < -0.3 is 9.64 Å². The number of carbonyl (C=O) groups excluding carboxylic acids is 1. The maximum absolute atomic E-state index is 12.3. The maximum Gasteiger partial charge on any atom is 0.263 e. The fraction of sp³-hybridized carbons (Fsp3) is 0.571. The molecule has 0 radical (unpaired) electrons. The summed E-state index contributed by atoms with van der Waals surface area (Å²) in [6.45, 7) is 3.46. The van der Waals surface area contributed by atoms with Gasteiger partial charge in [0.2, 0.25) is 0 Å². The molecule has 0 saturated carbocycles. The predicted molar refractivity (Wildman–Crippen MR) is 74.4 cm³/mol. The summed E-state index contributed by atoms with van der Waals surface area (Å²) >= 11 is 5.71. The van der Waals surface area contributed by atoms with E-state index in [0.717, 1.165) is 25.9 Å². The molecule has 5 heteroatoms. The molecule has 2 rings (SSSR count). The van der Waals surface area contributed by atoms with Crippen LogP contribution in [0.2, 0.25) is 5.15 Å². The second kappa shape index (κ2) is 6.75. The Bertz CT molecular complexity index is 414. The molecule has 1 aromatic heterocycles. The van der Waals surface area contributed by atoms with Crippen LogP contribution in [0.15, 0.2) is 18.3 Å². The van der Waals surface area contributed by atoms with E-state index >= 15 is 0 Å². The van der Waals surface area contributed by atoms with Crippen molar-refractivity contribution in [2.24, 2.45) is 0 Å². The van der Waals surface area contributed by atoms with Gasteiger partial charge in [-0.05, 0) is 31.9 Å². The molecule has 19 heavy (non-hydrogen) atoms. The number of carbonyl (C=O) groups is 1. The smallest absolute Gasteiger partial charge is 0.263 e. The number of aromatic nitrogens is 1. The normalized spacial score (nSPS) is 17.7. The van der Waals surface area contributed by atoms with E-state index in [1.807, 2.05) is 4.90 Å². The molecule has 0 N–H and O–H groups in total. The Morgan fingerprint density at radius 2 is 2.00 bits per heavy atom. The number of halogens is 1. The van der Waals surface area contributed by atoms with Gasteiger partial charge in [-0.2, -0.15) is 0 Å². The highest BCUT2D eigenvalue weighted by atomic mass is 35.5. The predicted octanol–water partition coefficient (Wildman–Crippen LogP) is 2.90. The first kappa shape index (κ1) is 14.1. The first-order chi connectivity index (χ1) is 9.16. The summed E-state index contributed by atoms with van der Waals surface area (Å²) < 4.78 is 5.61. The van der Waals surface area contributed by atoms with Crippen LogP contribution in [0.1, 0.15) is 32.6 Å². The highest BCUT2D eigenvalue weighted by Gasteiger charge is 2.22. The molecule has 0 spiro atoms. The van der Waals surface area contributed by atoms with Crippen molar-refractivity contribution in [1.82, 2.24) is 9.88 Å². The molecular weight excluding hydrogens is 264 g/mol. The van der Waals surface area contributed by atoms with Crippen LogP contribution in [-0.4, -0.2) is 35.0 Å². The number of hydrogen-bond acceptors (Lipinski definition) is 3. The van der Waals surface area contributed by atoms with Gasteiger partial charge in [0.15, 0.2) is 6.10 Å². The Morgan fingerprint density at radius 3 is 2.58 bits per heavy atom. The van der Waals surface area contributed by atoms with E-state index in [1.165, 1.54) is 19.0 Å². The van der Waals surface area contributed by atoms with Crippen LogP contribution in [-0.2, 0) is 4.79 Å². The highest BCUT2D eigenvalue weighted by molar-refractivity contribution is 6.29. The van der Waals surface area contributed by atoms with Crippen molar-refractivity contribution in [3.8, 4) is 5.75 Å². The Kier molecular flexibility index (Phi) is 5.02. The number of ether oxygens (including phenoxy) is 1. The molecule has 1 fully saturated rings.